The van der Waals surface area contributed by atoms with E-state index < -0.39 is 11.5 Å². The molecule has 0 aromatic rings. The summed E-state index contributed by atoms with van der Waals surface area (Å²) in [6, 6.07) is 0. The Hall–Kier alpha value is -1.40. The minimum absolute atomic E-state index is 0.0731. The highest BCUT2D eigenvalue weighted by Crippen LogP contribution is 2.66. The van der Waals surface area contributed by atoms with Gasteiger partial charge in [-0.05, 0) is 125 Å². The highest BCUT2D eigenvalue weighted by atomic mass is 16.5. The second kappa shape index (κ2) is 18.2. The van der Waals surface area contributed by atoms with Gasteiger partial charge in [-0.25, -0.2) is 0 Å². The van der Waals surface area contributed by atoms with Gasteiger partial charge in [0.15, 0.2) is 0 Å². The first-order chi connectivity index (χ1) is 21.3. The first-order valence-corrected chi connectivity index (χ1v) is 18.7. The van der Waals surface area contributed by atoms with Crippen LogP contribution in [0.15, 0.2) is 11.6 Å². The third-order valence-corrected chi connectivity index (χ3v) is 12.0. The van der Waals surface area contributed by atoms with Gasteiger partial charge < -0.3 is 20.3 Å². The summed E-state index contributed by atoms with van der Waals surface area (Å²) in [6.07, 6.45) is 20.3. The highest BCUT2D eigenvalue weighted by molar-refractivity contribution is 5.78. The second-order valence-electron chi connectivity index (χ2n) is 16.0. The molecule has 4 rings (SSSR count). The molecule has 0 aromatic carbocycles. The van der Waals surface area contributed by atoms with Crippen molar-refractivity contribution in [2.75, 3.05) is 13.2 Å². The lowest BCUT2D eigenvalue weighted by Gasteiger charge is -2.58. The van der Waals surface area contributed by atoms with Crippen LogP contribution in [-0.2, 0) is 14.3 Å². The number of hydrogen-bond donors (Lipinski definition) is 3. The molecule has 3 fully saturated rings. The van der Waals surface area contributed by atoms with Gasteiger partial charge in [0.2, 0.25) is 5.91 Å². The summed E-state index contributed by atoms with van der Waals surface area (Å²) < 4.78 is 6.14. The Morgan fingerprint density at radius 1 is 1.07 bits per heavy atom. The minimum atomic E-state index is -0.711. The topological polar surface area (TPSA) is 95.9 Å². The molecule has 0 saturated heterocycles. The Morgan fingerprint density at radius 2 is 1.78 bits per heavy atom. The van der Waals surface area contributed by atoms with Crippen LogP contribution in [0, 0.1) is 40.4 Å². The van der Waals surface area contributed by atoms with Gasteiger partial charge in [0.05, 0.1) is 6.10 Å². The zero-order valence-electron chi connectivity index (χ0n) is 30.7. The van der Waals surface area contributed by atoms with Gasteiger partial charge in [0.25, 0.3) is 0 Å². The highest BCUT2D eigenvalue weighted by Gasteiger charge is 2.58. The molecule has 1 amide bonds. The molecular formula is C39H71NO5. The van der Waals surface area contributed by atoms with Crippen LogP contribution in [0.25, 0.3) is 0 Å². The van der Waals surface area contributed by atoms with Crippen LogP contribution in [0.3, 0.4) is 0 Å². The molecule has 0 heterocycles. The molecule has 4 aliphatic rings. The number of rotatable bonds is 13. The predicted molar refractivity (Wildman–Crippen MR) is 186 cm³/mol. The van der Waals surface area contributed by atoms with E-state index in [0.717, 1.165) is 48.9 Å². The van der Waals surface area contributed by atoms with E-state index in [2.05, 4.69) is 39.1 Å². The molecule has 7 unspecified atom stereocenters. The van der Waals surface area contributed by atoms with Crippen molar-refractivity contribution in [3.63, 3.8) is 0 Å². The van der Waals surface area contributed by atoms with Crippen molar-refractivity contribution in [1.82, 2.24) is 5.32 Å². The number of carbonyl (C=O) groups excluding carboxylic acids is 1. The number of aliphatic hydroxyl groups excluding tert-OH is 1. The van der Waals surface area contributed by atoms with E-state index in [1.807, 2.05) is 34.6 Å². The fourth-order valence-corrected chi connectivity index (χ4v) is 9.46. The minimum Gasteiger partial charge on any atom is -0.481 e. The number of amides is 1. The lowest BCUT2D eigenvalue weighted by atomic mass is 9.47. The van der Waals surface area contributed by atoms with Gasteiger partial charge in [-0.3, -0.25) is 9.59 Å². The summed E-state index contributed by atoms with van der Waals surface area (Å²) in [5.74, 6) is 3.61. The Labute approximate surface area is 276 Å². The Balaban J connectivity index is 0.000000790. The maximum Gasteiger partial charge on any atom is 0.303 e. The zero-order chi connectivity index (χ0) is 33.8. The van der Waals surface area contributed by atoms with Crippen molar-refractivity contribution in [3.8, 4) is 0 Å². The van der Waals surface area contributed by atoms with Crippen molar-refractivity contribution >= 4 is 11.9 Å². The average molecular weight is 634 g/mol. The van der Waals surface area contributed by atoms with Gasteiger partial charge in [-0.2, -0.15) is 0 Å². The van der Waals surface area contributed by atoms with Crippen molar-refractivity contribution in [3.05, 3.63) is 11.6 Å². The van der Waals surface area contributed by atoms with E-state index in [1.54, 1.807) is 5.57 Å². The van der Waals surface area contributed by atoms with Crippen LogP contribution in [0.2, 0.25) is 0 Å². The zero-order valence-corrected chi connectivity index (χ0v) is 30.7. The van der Waals surface area contributed by atoms with E-state index >= 15 is 0 Å². The van der Waals surface area contributed by atoms with Crippen LogP contribution in [0.5, 0.6) is 0 Å². The fourth-order valence-electron chi connectivity index (χ4n) is 9.46. The number of carboxylic acid groups (broad SMARTS) is 1. The van der Waals surface area contributed by atoms with Crippen LogP contribution in [-0.4, -0.2) is 46.9 Å². The van der Waals surface area contributed by atoms with E-state index in [-0.39, 0.29) is 25.2 Å². The standard InChI is InChI=1S/C33H57NO3.C4H8O2.C2H6/c1-23(2)9-7-8-10-24-12-14-28-27-13-11-25-21-26(37-22-30(36)34-31(3,4)19-20-35)15-17-33(25,6)29(27)16-18-32(24,28)5;1-2-3-4(5)6;1-2/h11,23-24,26-29,35H,7-10,12-22H2,1-6H3,(H,34,36);2-3H2,1H3,(H,5,6);1-2H3. The van der Waals surface area contributed by atoms with E-state index in [4.69, 9.17) is 9.84 Å². The SMILES string of the molecule is CC.CC(C)CCCCC1CCC2C3CC=C4CC(OCC(=O)NC(C)(C)CCO)CCC4(C)C3CCC12C.CCCC(=O)O. The van der Waals surface area contributed by atoms with E-state index in [1.165, 1.54) is 64.2 Å². The van der Waals surface area contributed by atoms with Gasteiger partial charge in [-0.1, -0.05) is 79.4 Å². The predicted octanol–water partition coefficient (Wildman–Crippen LogP) is 9.34. The first-order valence-electron chi connectivity index (χ1n) is 18.7. The van der Waals surface area contributed by atoms with Crippen LogP contribution in [0.1, 0.15) is 159 Å². The number of hydrogen-bond acceptors (Lipinski definition) is 4. The molecule has 0 bridgehead atoms. The van der Waals surface area contributed by atoms with Crippen LogP contribution >= 0.6 is 0 Å². The summed E-state index contributed by atoms with van der Waals surface area (Å²) in [6.45, 7) is 19.9. The number of allylic oxidation sites excluding steroid dienone is 1. The molecule has 0 aliphatic heterocycles. The van der Waals surface area contributed by atoms with E-state index in [9.17, 15) is 14.7 Å². The number of aliphatic hydroxyl groups is 1. The summed E-state index contributed by atoms with van der Waals surface area (Å²) in [4.78, 5) is 22.1. The number of aliphatic carboxylic acids is 1. The van der Waals surface area contributed by atoms with Gasteiger partial charge in [-0.15, -0.1) is 0 Å². The number of unbranched alkanes of at least 4 members (excludes halogenated alkanes) is 1. The van der Waals surface area contributed by atoms with Crippen molar-refractivity contribution < 1.29 is 24.5 Å². The maximum absolute atomic E-state index is 12.5. The van der Waals surface area contributed by atoms with Crippen LogP contribution < -0.4 is 5.32 Å². The molecule has 0 radical (unpaired) electrons. The normalized spacial score (nSPS) is 32.1. The summed E-state index contributed by atoms with van der Waals surface area (Å²) in [7, 11) is 0. The molecule has 0 aromatic heterocycles. The lowest BCUT2D eigenvalue weighted by Crippen LogP contribution is -2.50. The summed E-state index contributed by atoms with van der Waals surface area (Å²) in [5, 5.41) is 20.1. The monoisotopic (exact) mass is 634 g/mol. The van der Waals surface area contributed by atoms with Crippen molar-refractivity contribution in [1.29, 1.82) is 0 Å². The molecular weight excluding hydrogens is 562 g/mol. The number of ether oxygens (including phenoxy) is 1. The first kappa shape index (κ1) is 39.8. The Bertz CT molecular complexity index is 944. The second-order valence-corrected chi connectivity index (χ2v) is 16.0. The van der Waals surface area contributed by atoms with Gasteiger partial charge in [0, 0.05) is 18.6 Å². The number of carbonyl (C=O) groups is 2. The third kappa shape index (κ3) is 10.8. The number of carboxylic acids is 1. The molecule has 3 N–H and O–H groups in total. The molecule has 6 nitrogen and oxygen atoms in total. The Kier molecular flexibility index (Phi) is 16.1. The van der Waals surface area contributed by atoms with E-state index in [0.29, 0.717) is 23.7 Å². The third-order valence-electron chi connectivity index (χ3n) is 12.0. The molecule has 7 atom stereocenters. The Morgan fingerprint density at radius 3 is 2.38 bits per heavy atom. The smallest absolute Gasteiger partial charge is 0.303 e. The van der Waals surface area contributed by atoms with Crippen LogP contribution in [0.4, 0.5) is 0 Å². The lowest BCUT2D eigenvalue weighted by molar-refractivity contribution is -0.137. The summed E-state index contributed by atoms with van der Waals surface area (Å²) >= 11 is 0. The molecule has 262 valence electrons. The molecule has 0 spiro atoms. The van der Waals surface area contributed by atoms with Crippen molar-refractivity contribution in [2.45, 2.75) is 170 Å². The van der Waals surface area contributed by atoms with Gasteiger partial charge in [0.1, 0.15) is 6.61 Å². The number of fused-ring (bicyclic) bond motifs is 5. The van der Waals surface area contributed by atoms with Crippen molar-refractivity contribution in [2.24, 2.45) is 40.4 Å². The molecule has 6 heteroatoms. The largest absolute Gasteiger partial charge is 0.481 e. The average Bonchev–Trinajstić information content (AvgIpc) is 3.31. The molecule has 4 aliphatic carbocycles. The quantitative estimate of drug-likeness (QED) is 0.139. The molecule has 3 saturated carbocycles. The maximum atomic E-state index is 12.5. The summed E-state index contributed by atoms with van der Waals surface area (Å²) in [5.41, 5.74) is 2.12. The molecule has 45 heavy (non-hydrogen) atoms. The van der Waals surface area contributed by atoms with Gasteiger partial charge >= 0.3 is 5.97 Å². The fraction of sp³-hybridized carbons (Fsp3) is 0.897. The number of nitrogens with one attached hydrogen (secondary N) is 1.